The number of rotatable bonds is 4. The van der Waals surface area contributed by atoms with E-state index in [2.05, 4.69) is 5.32 Å². The van der Waals surface area contributed by atoms with Gasteiger partial charge in [0.25, 0.3) is 5.91 Å². The zero-order valence-corrected chi connectivity index (χ0v) is 12.0. The molecule has 3 nitrogen and oxygen atoms in total. The highest BCUT2D eigenvalue weighted by atomic mass is 35.5. The fourth-order valence-electron chi connectivity index (χ4n) is 1.78. The van der Waals surface area contributed by atoms with Crippen molar-refractivity contribution in [3.63, 3.8) is 0 Å². The van der Waals surface area contributed by atoms with Gasteiger partial charge in [-0.2, -0.15) is 0 Å². The van der Waals surface area contributed by atoms with E-state index >= 15 is 0 Å². The van der Waals surface area contributed by atoms with Crippen molar-refractivity contribution in [2.24, 2.45) is 0 Å². The number of thiophene rings is 1. The van der Waals surface area contributed by atoms with Gasteiger partial charge in [-0.1, -0.05) is 35.9 Å². The minimum Gasteiger partial charge on any atom is -0.387 e. The van der Waals surface area contributed by atoms with E-state index < -0.39 is 6.10 Å². The third kappa shape index (κ3) is 3.56. The summed E-state index contributed by atoms with van der Waals surface area (Å²) >= 11 is 6.99. The Labute approximate surface area is 120 Å². The second kappa shape index (κ2) is 6.19. The molecule has 0 saturated heterocycles. The summed E-state index contributed by atoms with van der Waals surface area (Å²) in [5.74, 6) is -0.218. The molecule has 0 aliphatic heterocycles. The van der Waals surface area contributed by atoms with Gasteiger partial charge in [0.05, 0.1) is 15.3 Å². The highest BCUT2D eigenvalue weighted by Gasteiger charge is 2.13. The molecule has 1 unspecified atom stereocenters. The molecule has 1 heterocycles. The predicted molar refractivity (Wildman–Crippen MR) is 77.8 cm³/mol. The van der Waals surface area contributed by atoms with Gasteiger partial charge in [0, 0.05) is 6.54 Å². The van der Waals surface area contributed by atoms with Gasteiger partial charge in [0.1, 0.15) is 0 Å². The summed E-state index contributed by atoms with van der Waals surface area (Å²) < 4.78 is 0.574. The van der Waals surface area contributed by atoms with Crippen LogP contribution in [0.1, 0.15) is 26.9 Å². The molecule has 0 saturated carbocycles. The Kier molecular flexibility index (Phi) is 4.58. The summed E-state index contributed by atoms with van der Waals surface area (Å²) in [6, 6.07) is 10.9. The average Bonchev–Trinajstić information content (AvgIpc) is 2.83. The molecule has 0 aliphatic rings. The third-order valence-electron chi connectivity index (χ3n) is 2.80. The van der Waals surface area contributed by atoms with E-state index in [0.29, 0.717) is 9.21 Å². The van der Waals surface area contributed by atoms with Gasteiger partial charge in [0.2, 0.25) is 0 Å². The fraction of sp³-hybridized carbons (Fsp3) is 0.214. The lowest BCUT2D eigenvalue weighted by Crippen LogP contribution is -2.28. The molecule has 1 amide bonds. The summed E-state index contributed by atoms with van der Waals surface area (Å²) in [5.41, 5.74) is 1.83. The van der Waals surface area contributed by atoms with Crippen LogP contribution in [0.15, 0.2) is 36.4 Å². The minimum absolute atomic E-state index is 0.180. The number of nitrogens with one attached hydrogen (secondary N) is 1. The zero-order chi connectivity index (χ0) is 13.8. The molecule has 2 rings (SSSR count). The lowest BCUT2D eigenvalue weighted by atomic mass is 10.0. The van der Waals surface area contributed by atoms with Gasteiger partial charge >= 0.3 is 0 Å². The van der Waals surface area contributed by atoms with Crippen molar-refractivity contribution in [1.82, 2.24) is 5.32 Å². The summed E-state index contributed by atoms with van der Waals surface area (Å²) in [7, 11) is 0. The normalized spacial score (nSPS) is 12.2. The smallest absolute Gasteiger partial charge is 0.261 e. The molecule has 0 spiro atoms. The third-order valence-corrected chi connectivity index (χ3v) is 4.03. The number of carbonyl (C=O) groups excluding carboxylic acids is 1. The summed E-state index contributed by atoms with van der Waals surface area (Å²) in [6.07, 6.45) is -0.708. The highest BCUT2D eigenvalue weighted by Crippen LogP contribution is 2.21. The van der Waals surface area contributed by atoms with Crippen LogP contribution < -0.4 is 5.32 Å². The maximum atomic E-state index is 11.8. The maximum Gasteiger partial charge on any atom is 0.261 e. The van der Waals surface area contributed by atoms with Gasteiger partial charge in [-0.15, -0.1) is 11.3 Å². The number of hydrogen-bond acceptors (Lipinski definition) is 3. The zero-order valence-electron chi connectivity index (χ0n) is 10.4. The molecular formula is C14H14ClNO2S. The van der Waals surface area contributed by atoms with E-state index in [4.69, 9.17) is 11.6 Å². The monoisotopic (exact) mass is 295 g/mol. The molecule has 0 bridgehead atoms. The first-order valence-corrected chi connectivity index (χ1v) is 7.04. The van der Waals surface area contributed by atoms with Crippen molar-refractivity contribution < 1.29 is 9.90 Å². The standard InChI is InChI=1S/C14H14ClNO2S/c1-9-4-2-3-5-10(9)11(17)8-16-14(18)12-6-7-13(15)19-12/h2-7,11,17H,8H2,1H3,(H,16,18). The number of carbonyl (C=O) groups is 1. The van der Waals surface area contributed by atoms with Crippen LogP contribution in [0.25, 0.3) is 0 Å². The van der Waals surface area contributed by atoms with Crippen LogP contribution in [-0.4, -0.2) is 17.6 Å². The van der Waals surface area contributed by atoms with E-state index in [-0.39, 0.29) is 12.5 Å². The second-order valence-corrected chi connectivity index (χ2v) is 5.90. The number of aryl methyl sites for hydroxylation is 1. The van der Waals surface area contributed by atoms with Crippen LogP contribution in [0.4, 0.5) is 0 Å². The molecular weight excluding hydrogens is 282 g/mol. The Morgan fingerprint density at radius 3 is 2.74 bits per heavy atom. The number of aliphatic hydroxyl groups is 1. The number of halogens is 1. The number of aliphatic hydroxyl groups excluding tert-OH is 1. The molecule has 1 aromatic carbocycles. The van der Waals surface area contributed by atoms with Crippen LogP contribution in [0.2, 0.25) is 4.34 Å². The number of amides is 1. The molecule has 0 fully saturated rings. The molecule has 5 heteroatoms. The molecule has 100 valence electrons. The van der Waals surface area contributed by atoms with Gasteiger partial charge in [-0.25, -0.2) is 0 Å². The van der Waals surface area contributed by atoms with Crippen LogP contribution in [0.5, 0.6) is 0 Å². The summed E-state index contributed by atoms with van der Waals surface area (Å²) in [5, 5.41) is 12.8. The Morgan fingerprint density at radius 1 is 1.37 bits per heavy atom. The second-order valence-electron chi connectivity index (χ2n) is 4.19. The van der Waals surface area contributed by atoms with Gasteiger partial charge in [-0.3, -0.25) is 4.79 Å². The predicted octanol–water partition coefficient (Wildman–Crippen LogP) is 3.17. The van der Waals surface area contributed by atoms with E-state index in [1.807, 2.05) is 31.2 Å². The van der Waals surface area contributed by atoms with Crippen LogP contribution in [0, 0.1) is 6.92 Å². The summed E-state index contributed by atoms with van der Waals surface area (Å²) in [4.78, 5) is 12.4. The molecule has 1 atom stereocenters. The molecule has 2 N–H and O–H groups in total. The first kappa shape index (κ1) is 14.1. The van der Waals surface area contributed by atoms with Crippen molar-refractivity contribution in [3.8, 4) is 0 Å². The summed E-state index contributed by atoms with van der Waals surface area (Å²) in [6.45, 7) is 2.11. The highest BCUT2D eigenvalue weighted by molar-refractivity contribution is 7.17. The number of benzene rings is 1. The fourth-order valence-corrected chi connectivity index (χ4v) is 2.74. The van der Waals surface area contributed by atoms with Crippen molar-refractivity contribution in [1.29, 1.82) is 0 Å². The maximum absolute atomic E-state index is 11.8. The van der Waals surface area contributed by atoms with Crippen LogP contribution in [-0.2, 0) is 0 Å². The van der Waals surface area contributed by atoms with E-state index in [1.165, 1.54) is 11.3 Å². The Balaban J connectivity index is 1.96. The van der Waals surface area contributed by atoms with Gasteiger partial charge < -0.3 is 10.4 Å². The SMILES string of the molecule is Cc1ccccc1C(O)CNC(=O)c1ccc(Cl)s1. The van der Waals surface area contributed by atoms with Crippen LogP contribution in [0.3, 0.4) is 0 Å². The number of hydrogen-bond donors (Lipinski definition) is 2. The lowest BCUT2D eigenvalue weighted by Gasteiger charge is -2.14. The topological polar surface area (TPSA) is 49.3 Å². The Hall–Kier alpha value is -1.36. The average molecular weight is 296 g/mol. The van der Waals surface area contributed by atoms with Crippen molar-refractivity contribution >= 4 is 28.8 Å². The minimum atomic E-state index is -0.708. The largest absolute Gasteiger partial charge is 0.387 e. The van der Waals surface area contributed by atoms with E-state index in [9.17, 15) is 9.90 Å². The first-order chi connectivity index (χ1) is 9.08. The quantitative estimate of drug-likeness (QED) is 0.910. The van der Waals surface area contributed by atoms with Crippen molar-refractivity contribution in [2.75, 3.05) is 6.54 Å². The molecule has 0 radical (unpaired) electrons. The van der Waals surface area contributed by atoms with E-state index in [1.54, 1.807) is 12.1 Å². The molecule has 2 aromatic rings. The van der Waals surface area contributed by atoms with Crippen LogP contribution >= 0.6 is 22.9 Å². The lowest BCUT2D eigenvalue weighted by molar-refractivity contribution is 0.0920. The molecule has 1 aromatic heterocycles. The molecule has 0 aliphatic carbocycles. The van der Waals surface area contributed by atoms with E-state index in [0.717, 1.165) is 11.1 Å². The Morgan fingerprint density at radius 2 is 2.11 bits per heavy atom. The molecule has 19 heavy (non-hydrogen) atoms. The first-order valence-electron chi connectivity index (χ1n) is 5.85. The van der Waals surface area contributed by atoms with Crippen molar-refractivity contribution in [3.05, 3.63) is 56.7 Å². The Bertz CT molecular complexity index is 582. The van der Waals surface area contributed by atoms with Crippen molar-refractivity contribution in [2.45, 2.75) is 13.0 Å². The van der Waals surface area contributed by atoms with Gasteiger partial charge in [-0.05, 0) is 30.2 Å². The van der Waals surface area contributed by atoms with Gasteiger partial charge in [0.15, 0.2) is 0 Å².